The third-order valence-corrected chi connectivity index (χ3v) is 4.22. The quantitative estimate of drug-likeness (QED) is 0.595. The zero-order valence-corrected chi connectivity index (χ0v) is 12.0. The van der Waals surface area contributed by atoms with Gasteiger partial charge in [0.05, 0.1) is 0 Å². The van der Waals surface area contributed by atoms with Gasteiger partial charge in [0.15, 0.2) is 5.78 Å². The van der Waals surface area contributed by atoms with E-state index in [4.69, 9.17) is 14.6 Å². The summed E-state index contributed by atoms with van der Waals surface area (Å²) in [6.45, 7) is 0.782. The molecule has 21 heavy (non-hydrogen) atoms. The third-order valence-electron chi connectivity index (χ3n) is 4.22. The summed E-state index contributed by atoms with van der Waals surface area (Å²) < 4.78 is 10.7. The number of aliphatic hydroxyl groups is 1. The van der Waals surface area contributed by atoms with Crippen molar-refractivity contribution >= 4 is 17.7 Å². The van der Waals surface area contributed by atoms with E-state index in [1.807, 2.05) is 0 Å². The van der Waals surface area contributed by atoms with E-state index in [-0.39, 0.29) is 30.0 Å². The largest absolute Gasteiger partial charge is 0.462 e. The number of ether oxygens (including phenoxy) is 2. The molecular weight excluding hydrogens is 276 g/mol. The molecule has 0 unspecified atom stereocenters. The molecule has 0 bridgehead atoms. The zero-order valence-electron chi connectivity index (χ0n) is 12.0. The molecule has 6 nitrogen and oxygen atoms in total. The van der Waals surface area contributed by atoms with Gasteiger partial charge in [-0.25, -0.2) is 4.79 Å². The molecule has 2 aliphatic carbocycles. The molecule has 2 aliphatic rings. The molecule has 1 N–H and O–H groups in total. The molecule has 0 aromatic heterocycles. The maximum atomic E-state index is 11.6. The summed E-state index contributed by atoms with van der Waals surface area (Å²) in [6, 6.07) is 0. The molecule has 0 aliphatic heterocycles. The SMILES string of the molecule is CC(=O)O[C@@H]1CC[C@H]2[C@@H]1CC[C@H]2OC(=O)/C=C\C(=O)CO. The molecule has 6 heteroatoms. The first-order chi connectivity index (χ1) is 10.0. The average Bonchev–Trinajstić information content (AvgIpc) is 3.00. The van der Waals surface area contributed by atoms with Crippen molar-refractivity contribution in [3.8, 4) is 0 Å². The van der Waals surface area contributed by atoms with Crippen molar-refractivity contribution in [3.05, 3.63) is 12.2 Å². The molecule has 0 heterocycles. The minimum absolute atomic E-state index is 0.0669. The van der Waals surface area contributed by atoms with Crippen molar-refractivity contribution in [1.82, 2.24) is 0 Å². The van der Waals surface area contributed by atoms with E-state index in [1.54, 1.807) is 0 Å². The van der Waals surface area contributed by atoms with Crippen LogP contribution in [0.2, 0.25) is 0 Å². The summed E-state index contributed by atoms with van der Waals surface area (Å²) >= 11 is 0. The minimum atomic E-state index is -0.623. The molecule has 2 rings (SSSR count). The van der Waals surface area contributed by atoms with Gasteiger partial charge in [-0.2, -0.15) is 0 Å². The highest BCUT2D eigenvalue weighted by molar-refractivity contribution is 5.96. The zero-order chi connectivity index (χ0) is 15.4. The molecule has 0 radical (unpaired) electrons. The number of hydrogen-bond acceptors (Lipinski definition) is 6. The van der Waals surface area contributed by atoms with Gasteiger partial charge in [-0.1, -0.05) is 0 Å². The lowest BCUT2D eigenvalue weighted by Crippen LogP contribution is -2.25. The molecule has 2 saturated carbocycles. The number of esters is 2. The summed E-state index contributed by atoms with van der Waals surface area (Å²) in [5.41, 5.74) is 0. The first-order valence-electron chi connectivity index (χ1n) is 7.21. The Hall–Kier alpha value is -1.69. The number of ketones is 1. The van der Waals surface area contributed by atoms with Crippen molar-refractivity contribution < 1.29 is 29.0 Å². The van der Waals surface area contributed by atoms with Crippen LogP contribution in [0.25, 0.3) is 0 Å². The van der Waals surface area contributed by atoms with Gasteiger partial charge in [-0.3, -0.25) is 9.59 Å². The van der Waals surface area contributed by atoms with E-state index in [2.05, 4.69) is 0 Å². The second-order valence-corrected chi connectivity index (χ2v) is 5.56. The maximum absolute atomic E-state index is 11.6. The van der Waals surface area contributed by atoms with Crippen molar-refractivity contribution in [2.75, 3.05) is 6.61 Å². The van der Waals surface area contributed by atoms with Crippen LogP contribution in [0.1, 0.15) is 32.6 Å². The maximum Gasteiger partial charge on any atom is 0.331 e. The minimum Gasteiger partial charge on any atom is -0.462 e. The predicted molar refractivity (Wildman–Crippen MR) is 72.1 cm³/mol. The topological polar surface area (TPSA) is 89.9 Å². The Labute approximate surface area is 123 Å². The van der Waals surface area contributed by atoms with Gasteiger partial charge in [-0.05, 0) is 31.8 Å². The molecule has 4 atom stereocenters. The van der Waals surface area contributed by atoms with E-state index < -0.39 is 18.4 Å². The van der Waals surface area contributed by atoms with Gasteiger partial charge in [0, 0.05) is 24.8 Å². The fraction of sp³-hybridized carbons (Fsp3) is 0.667. The molecule has 0 amide bonds. The molecule has 2 fully saturated rings. The molecule has 0 aromatic rings. The van der Waals surface area contributed by atoms with E-state index in [0.717, 1.165) is 37.8 Å². The highest BCUT2D eigenvalue weighted by Crippen LogP contribution is 2.46. The third kappa shape index (κ3) is 3.91. The lowest BCUT2D eigenvalue weighted by Gasteiger charge is -2.20. The van der Waals surface area contributed by atoms with E-state index >= 15 is 0 Å². The van der Waals surface area contributed by atoms with Crippen molar-refractivity contribution in [3.63, 3.8) is 0 Å². The summed E-state index contributed by atoms with van der Waals surface area (Å²) in [6.07, 6.45) is 5.12. The van der Waals surface area contributed by atoms with Crippen LogP contribution in [-0.4, -0.2) is 41.6 Å². The van der Waals surface area contributed by atoms with Crippen LogP contribution in [-0.2, 0) is 23.9 Å². The summed E-state index contributed by atoms with van der Waals surface area (Å²) in [7, 11) is 0. The average molecular weight is 296 g/mol. The van der Waals surface area contributed by atoms with Crippen LogP contribution in [0.4, 0.5) is 0 Å². The Kier molecular flexibility index (Phi) is 5.12. The van der Waals surface area contributed by atoms with Crippen LogP contribution in [0.15, 0.2) is 12.2 Å². The fourth-order valence-electron chi connectivity index (χ4n) is 3.40. The molecule has 0 aromatic carbocycles. The first-order valence-corrected chi connectivity index (χ1v) is 7.21. The Morgan fingerprint density at radius 1 is 1.00 bits per heavy atom. The first kappa shape index (κ1) is 15.7. The van der Waals surface area contributed by atoms with Crippen LogP contribution >= 0.6 is 0 Å². The Morgan fingerprint density at radius 2 is 1.57 bits per heavy atom. The lowest BCUT2D eigenvalue weighted by atomic mass is 9.98. The van der Waals surface area contributed by atoms with Gasteiger partial charge in [0.1, 0.15) is 18.8 Å². The predicted octanol–water partition coefficient (Wildman–Crippen LogP) is 0.767. The van der Waals surface area contributed by atoms with E-state index in [0.29, 0.717) is 0 Å². The van der Waals surface area contributed by atoms with Gasteiger partial charge < -0.3 is 14.6 Å². The fourth-order valence-corrected chi connectivity index (χ4v) is 3.40. The highest BCUT2D eigenvalue weighted by atomic mass is 16.6. The Bertz CT molecular complexity index is 455. The Morgan fingerprint density at radius 3 is 2.10 bits per heavy atom. The summed E-state index contributed by atoms with van der Waals surface area (Å²) in [5, 5.41) is 8.56. The molecular formula is C15H20O6. The number of fused-ring (bicyclic) bond motifs is 1. The van der Waals surface area contributed by atoms with Gasteiger partial charge in [0.2, 0.25) is 0 Å². The number of rotatable bonds is 5. The normalized spacial score (nSPS) is 31.1. The standard InChI is InChI=1S/C15H20O6/c1-9(17)20-13-5-3-12-11(13)4-6-14(12)21-15(19)7-2-10(18)8-16/h2,7,11-14,16H,3-6,8H2,1H3/b7-2-/t11-,12-,13+,14+/m0/s1. The smallest absolute Gasteiger partial charge is 0.331 e. The van der Waals surface area contributed by atoms with Gasteiger partial charge >= 0.3 is 11.9 Å². The van der Waals surface area contributed by atoms with Gasteiger partial charge in [-0.15, -0.1) is 0 Å². The number of carbonyl (C=O) groups excluding carboxylic acids is 3. The molecule has 0 spiro atoms. The van der Waals surface area contributed by atoms with Crippen LogP contribution in [0, 0.1) is 11.8 Å². The van der Waals surface area contributed by atoms with Gasteiger partial charge in [0.25, 0.3) is 0 Å². The van der Waals surface area contributed by atoms with Crippen LogP contribution < -0.4 is 0 Å². The molecule has 0 saturated heterocycles. The van der Waals surface area contributed by atoms with Crippen molar-refractivity contribution in [2.45, 2.75) is 44.8 Å². The molecule has 116 valence electrons. The van der Waals surface area contributed by atoms with Crippen LogP contribution in [0.3, 0.4) is 0 Å². The number of carbonyl (C=O) groups is 3. The number of aliphatic hydroxyl groups excluding tert-OH is 1. The van der Waals surface area contributed by atoms with E-state index in [9.17, 15) is 14.4 Å². The summed E-state index contributed by atoms with van der Waals surface area (Å²) in [5.74, 6) is -0.896. The summed E-state index contributed by atoms with van der Waals surface area (Å²) in [4.78, 5) is 33.6. The monoisotopic (exact) mass is 296 g/mol. The van der Waals surface area contributed by atoms with E-state index in [1.165, 1.54) is 6.92 Å². The number of hydrogen-bond donors (Lipinski definition) is 1. The van der Waals surface area contributed by atoms with Crippen molar-refractivity contribution in [2.24, 2.45) is 11.8 Å². The lowest BCUT2D eigenvalue weighted by molar-refractivity contribution is -0.149. The highest BCUT2D eigenvalue weighted by Gasteiger charge is 2.47. The van der Waals surface area contributed by atoms with Crippen LogP contribution in [0.5, 0.6) is 0 Å². The second kappa shape index (κ2) is 6.85. The Balaban J connectivity index is 1.87. The van der Waals surface area contributed by atoms with Crippen molar-refractivity contribution in [1.29, 1.82) is 0 Å². The second-order valence-electron chi connectivity index (χ2n) is 5.56.